The van der Waals surface area contributed by atoms with Crippen LogP contribution < -0.4 is 5.32 Å². The molecule has 0 amide bonds. The van der Waals surface area contributed by atoms with Crippen LogP contribution in [0.25, 0.3) is 0 Å². The third kappa shape index (κ3) is 3.83. The van der Waals surface area contributed by atoms with Crippen LogP contribution in [0.5, 0.6) is 0 Å². The minimum absolute atomic E-state index is 0.127. The summed E-state index contributed by atoms with van der Waals surface area (Å²) in [5.41, 5.74) is 0.842. The number of aromatic nitrogens is 2. The van der Waals surface area contributed by atoms with E-state index in [-0.39, 0.29) is 11.1 Å². The van der Waals surface area contributed by atoms with Crippen molar-refractivity contribution in [3.05, 3.63) is 52.8 Å². The van der Waals surface area contributed by atoms with Gasteiger partial charge in [0.25, 0.3) is 0 Å². The normalized spacial score (nSPS) is 12.6. The summed E-state index contributed by atoms with van der Waals surface area (Å²) in [6.07, 6.45) is 5.78. The lowest BCUT2D eigenvalue weighted by atomic mass is 10.1. The van der Waals surface area contributed by atoms with Gasteiger partial charge >= 0.3 is 0 Å². The van der Waals surface area contributed by atoms with Gasteiger partial charge in [0.2, 0.25) is 0 Å². The molecule has 0 saturated carbocycles. The van der Waals surface area contributed by atoms with E-state index in [0.717, 1.165) is 37.3 Å². The zero-order valence-corrected chi connectivity index (χ0v) is 13.2. The highest BCUT2D eigenvalue weighted by atomic mass is 35.5. The molecular formula is C16H21ClFN3. The van der Waals surface area contributed by atoms with E-state index in [9.17, 15) is 4.39 Å². The molecule has 21 heavy (non-hydrogen) atoms. The topological polar surface area (TPSA) is 29.9 Å². The molecule has 0 aliphatic rings. The molecule has 1 atom stereocenters. The molecule has 3 nitrogen and oxygen atoms in total. The molecule has 1 aromatic carbocycles. The Kier molecular flexibility index (Phi) is 5.76. The summed E-state index contributed by atoms with van der Waals surface area (Å²) in [6, 6.07) is 4.81. The first kappa shape index (κ1) is 16.0. The number of aryl methyl sites for hydroxylation is 1. The smallest absolute Gasteiger partial charge is 0.142 e. The second-order valence-electron chi connectivity index (χ2n) is 5.04. The van der Waals surface area contributed by atoms with Crippen molar-refractivity contribution >= 4 is 11.6 Å². The Morgan fingerprint density at radius 1 is 1.33 bits per heavy atom. The van der Waals surface area contributed by atoms with E-state index in [1.807, 2.05) is 12.3 Å². The highest BCUT2D eigenvalue weighted by Gasteiger charge is 2.19. The number of nitrogens with one attached hydrogen (secondary N) is 1. The van der Waals surface area contributed by atoms with E-state index >= 15 is 0 Å². The lowest BCUT2D eigenvalue weighted by Crippen LogP contribution is -2.26. The van der Waals surface area contributed by atoms with Crippen LogP contribution in [0.4, 0.5) is 4.39 Å². The Morgan fingerprint density at radius 3 is 2.81 bits per heavy atom. The van der Waals surface area contributed by atoms with Crippen LogP contribution >= 0.6 is 11.6 Å². The summed E-state index contributed by atoms with van der Waals surface area (Å²) in [5, 5.41) is 3.58. The predicted octanol–water partition coefficient (Wildman–Crippen LogP) is 4.17. The van der Waals surface area contributed by atoms with Gasteiger partial charge in [0.1, 0.15) is 11.6 Å². The van der Waals surface area contributed by atoms with Crippen molar-refractivity contribution in [1.29, 1.82) is 0 Å². The molecule has 0 saturated heterocycles. The standard InChI is InChI=1S/C16H21ClFN3/c1-3-7-19-15(12-5-6-13(17)14(18)11-12)16-20-8-10-21(16)9-4-2/h5-6,8,10-11,15,19H,3-4,7,9H2,1-2H3. The molecule has 2 aromatic rings. The highest BCUT2D eigenvalue weighted by Crippen LogP contribution is 2.25. The summed E-state index contributed by atoms with van der Waals surface area (Å²) >= 11 is 5.78. The number of rotatable bonds is 7. The van der Waals surface area contributed by atoms with Crippen molar-refractivity contribution in [2.45, 2.75) is 39.3 Å². The van der Waals surface area contributed by atoms with E-state index < -0.39 is 5.82 Å². The zero-order chi connectivity index (χ0) is 15.2. The van der Waals surface area contributed by atoms with Crippen molar-refractivity contribution in [2.75, 3.05) is 6.54 Å². The molecule has 1 aromatic heterocycles. The summed E-state index contributed by atoms with van der Waals surface area (Å²) in [4.78, 5) is 4.46. The summed E-state index contributed by atoms with van der Waals surface area (Å²) in [6.45, 7) is 5.97. The number of nitrogens with zero attached hydrogens (tertiary/aromatic N) is 2. The van der Waals surface area contributed by atoms with Crippen molar-refractivity contribution in [1.82, 2.24) is 14.9 Å². The minimum Gasteiger partial charge on any atom is -0.333 e. The van der Waals surface area contributed by atoms with Gasteiger partial charge < -0.3 is 9.88 Å². The van der Waals surface area contributed by atoms with Gasteiger partial charge in [-0.05, 0) is 37.1 Å². The Hall–Kier alpha value is -1.39. The van der Waals surface area contributed by atoms with Crippen LogP contribution in [0, 0.1) is 5.82 Å². The average molecular weight is 310 g/mol. The molecule has 0 aliphatic carbocycles. The van der Waals surface area contributed by atoms with E-state index in [0.29, 0.717) is 0 Å². The maximum Gasteiger partial charge on any atom is 0.142 e. The molecule has 0 fully saturated rings. The van der Waals surface area contributed by atoms with Gasteiger partial charge in [-0.3, -0.25) is 0 Å². The Morgan fingerprint density at radius 2 is 2.14 bits per heavy atom. The lowest BCUT2D eigenvalue weighted by Gasteiger charge is -2.20. The fourth-order valence-corrected chi connectivity index (χ4v) is 2.47. The molecule has 0 bridgehead atoms. The molecule has 114 valence electrons. The van der Waals surface area contributed by atoms with E-state index in [1.165, 1.54) is 6.07 Å². The average Bonchev–Trinajstić information content (AvgIpc) is 2.92. The van der Waals surface area contributed by atoms with Gasteiger partial charge in [-0.15, -0.1) is 0 Å². The van der Waals surface area contributed by atoms with Crippen LogP contribution in [0.2, 0.25) is 5.02 Å². The van der Waals surface area contributed by atoms with Crippen molar-refractivity contribution in [3.8, 4) is 0 Å². The molecule has 2 rings (SSSR count). The first-order valence-electron chi connectivity index (χ1n) is 7.36. The van der Waals surface area contributed by atoms with Gasteiger partial charge in [0, 0.05) is 18.9 Å². The van der Waals surface area contributed by atoms with E-state index in [1.54, 1.807) is 12.3 Å². The monoisotopic (exact) mass is 309 g/mol. The summed E-state index contributed by atoms with van der Waals surface area (Å²) in [7, 11) is 0. The zero-order valence-electron chi connectivity index (χ0n) is 12.4. The number of hydrogen-bond acceptors (Lipinski definition) is 2. The van der Waals surface area contributed by atoms with Gasteiger partial charge in [-0.1, -0.05) is 31.5 Å². The predicted molar refractivity (Wildman–Crippen MR) is 84.1 cm³/mol. The number of hydrogen-bond donors (Lipinski definition) is 1. The van der Waals surface area contributed by atoms with Crippen LogP contribution in [-0.2, 0) is 6.54 Å². The first-order chi connectivity index (χ1) is 10.2. The molecule has 1 unspecified atom stereocenters. The molecule has 1 N–H and O–H groups in total. The third-order valence-corrected chi connectivity index (χ3v) is 3.65. The second-order valence-corrected chi connectivity index (χ2v) is 5.45. The van der Waals surface area contributed by atoms with Crippen LogP contribution in [0.15, 0.2) is 30.6 Å². The van der Waals surface area contributed by atoms with Crippen LogP contribution in [0.1, 0.15) is 44.1 Å². The fourth-order valence-electron chi connectivity index (χ4n) is 2.35. The molecule has 0 spiro atoms. The molecular weight excluding hydrogens is 289 g/mol. The van der Waals surface area contributed by atoms with Crippen LogP contribution in [0.3, 0.4) is 0 Å². The largest absolute Gasteiger partial charge is 0.333 e. The summed E-state index contributed by atoms with van der Waals surface area (Å²) in [5.74, 6) is 0.512. The first-order valence-corrected chi connectivity index (χ1v) is 7.74. The van der Waals surface area contributed by atoms with Crippen molar-refractivity contribution in [3.63, 3.8) is 0 Å². The molecule has 1 heterocycles. The maximum atomic E-state index is 13.8. The van der Waals surface area contributed by atoms with Gasteiger partial charge in [0.15, 0.2) is 0 Å². The van der Waals surface area contributed by atoms with Crippen molar-refractivity contribution < 1.29 is 4.39 Å². The maximum absolute atomic E-state index is 13.8. The molecule has 0 radical (unpaired) electrons. The fraction of sp³-hybridized carbons (Fsp3) is 0.438. The second kappa shape index (κ2) is 7.57. The van der Waals surface area contributed by atoms with Crippen molar-refractivity contribution in [2.24, 2.45) is 0 Å². The van der Waals surface area contributed by atoms with Gasteiger partial charge in [0.05, 0.1) is 11.1 Å². The Balaban J connectivity index is 2.37. The highest BCUT2D eigenvalue weighted by molar-refractivity contribution is 6.30. The molecule has 5 heteroatoms. The van der Waals surface area contributed by atoms with E-state index in [2.05, 4.69) is 28.7 Å². The number of benzene rings is 1. The van der Waals surface area contributed by atoms with Crippen LogP contribution in [-0.4, -0.2) is 16.1 Å². The molecule has 0 aliphatic heterocycles. The minimum atomic E-state index is -0.397. The Labute approximate surface area is 130 Å². The van der Waals surface area contributed by atoms with Gasteiger partial charge in [-0.2, -0.15) is 0 Å². The van der Waals surface area contributed by atoms with Gasteiger partial charge in [-0.25, -0.2) is 9.37 Å². The SMILES string of the molecule is CCCNC(c1ccc(Cl)c(F)c1)c1nccn1CCC. The lowest BCUT2D eigenvalue weighted by molar-refractivity contribution is 0.526. The van der Waals surface area contributed by atoms with E-state index in [4.69, 9.17) is 11.6 Å². The third-order valence-electron chi connectivity index (χ3n) is 3.35. The Bertz CT molecular complexity index is 583. The quantitative estimate of drug-likeness (QED) is 0.831. The summed E-state index contributed by atoms with van der Waals surface area (Å²) < 4.78 is 15.9. The number of halogens is 2. The number of imidazole rings is 1.